The van der Waals surface area contributed by atoms with Crippen LogP contribution in [0.25, 0.3) is 66.4 Å². The van der Waals surface area contributed by atoms with Gasteiger partial charge in [-0.15, -0.1) is 0 Å². The fourth-order valence-corrected chi connectivity index (χ4v) is 10.4. The van der Waals surface area contributed by atoms with Gasteiger partial charge in [-0.3, -0.25) is 0 Å². The lowest BCUT2D eigenvalue weighted by Crippen LogP contribution is -2.26. The lowest BCUT2D eigenvalue weighted by molar-refractivity contribution is 0.793. The van der Waals surface area contributed by atoms with Gasteiger partial charge in [0.2, 0.25) is 0 Å². The summed E-state index contributed by atoms with van der Waals surface area (Å²) in [4.78, 5) is 2.51. The summed E-state index contributed by atoms with van der Waals surface area (Å²) in [6.45, 7) is 0. The van der Waals surface area contributed by atoms with Crippen LogP contribution in [0.4, 0.5) is 17.1 Å². The van der Waals surface area contributed by atoms with Crippen molar-refractivity contribution in [3.63, 3.8) is 0 Å². The zero-order valence-electron chi connectivity index (χ0n) is 33.0. The Morgan fingerprint density at radius 2 is 0.717 bits per heavy atom. The third-order valence-electron chi connectivity index (χ3n) is 12.9. The summed E-state index contributed by atoms with van der Waals surface area (Å²) in [5, 5.41) is 2.42. The average molecular weight is 762 g/mol. The van der Waals surface area contributed by atoms with E-state index in [9.17, 15) is 0 Å². The first-order chi connectivity index (χ1) is 29.8. The van der Waals surface area contributed by atoms with Crippen molar-refractivity contribution in [1.82, 2.24) is 0 Å². The highest BCUT2D eigenvalue weighted by Crippen LogP contribution is 2.63. The molecule has 1 spiro atoms. The predicted octanol–water partition coefficient (Wildman–Crippen LogP) is 15.7. The maximum atomic E-state index is 2.51. The first kappa shape index (κ1) is 34.3. The fraction of sp³-hybridized carbons (Fsp3) is 0.0169. The third kappa shape index (κ3) is 5.06. The summed E-state index contributed by atoms with van der Waals surface area (Å²) >= 11 is 0. The molecule has 1 heteroatoms. The number of benzene rings is 10. The van der Waals surface area contributed by atoms with Crippen molar-refractivity contribution in [3.8, 4) is 55.6 Å². The molecule has 2 aliphatic rings. The van der Waals surface area contributed by atoms with E-state index in [0.29, 0.717) is 0 Å². The first-order valence-corrected chi connectivity index (χ1v) is 20.8. The van der Waals surface area contributed by atoms with E-state index in [-0.39, 0.29) is 0 Å². The minimum atomic E-state index is -0.460. The molecule has 0 unspecified atom stereocenters. The smallest absolute Gasteiger partial charge is 0.0726 e. The Kier molecular flexibility index (Phi) is 7.83. The third-order valence-corrected chi connectivity index (χ3v) is 12.9. The van der Waals surface area contributed by atoms with Crippen LogP contribution in [0.2, 0.25) is 0 Å². The van der Waals surface area contributed by atoms with Gasteiger partial charge in [-0.05, 0) is 113 Å². The van der Waals surface area contributed by atoms with Crippen molar-refractivity contribution in [1.29, 1.82) is 0 Å². The molecule has 0 amide bonds. The van der Waals surface area contributed by atoms with Crippen molar-refractivity contribution in [3.05, 3.63) is 259 Å². The number of nitrogens with zero attached hydrogens (tertiary/aromatic N) is 1. The van der Waals surface area contributed by atoms with E-state index in [1.165, 1.54) is 88.7 Å². The van der Waals surface area contributed by atoms with Gasteiger partial charge in [-0.2, -0.15) is 0 Å². The van der Waals surface area contributed by atoms with Crippen molar-refractivity contribution >= 4 is 27.8 Å². The van der Waals surface area contributed by atoms with E-state index in [1.54, 1.807) is 0 Å². The largest absolute Gasteiger partial charge is 0.310 e. The zero-order valence-corrected chi connectivity index (χ0v) is 33.0. The zero-order chi connectivity index (χ0) is 39.6. The average Bonchev–Trinajstić information content (AvgIpc) is 3.79. The Morgan fingerprint density at radius 3 is 1.35 bits per heavy atom. The van der Waals surface area contributed by atoms with Gasteiger partial charge in [0.1, 0.15) is 0 Å². The van der Waals surface area contributed by atoms with Crippen LogP contribution in [0.15, 0.2) is 237 Å². The predicted molar refractivity (Wildman–Crippen MR) is 251 cm³/mol. The highest BCUT2D eigenvalue weighted by atomic mass is 15.1. The van der Waals surface area contributed by atoms with Crippen LogP contribution in [-0.4, -0.2) is 0 Å². The van der Waals surface area contributed by atoms with Crippen molar-refractivity contribution in [2.45, 2.75) is 5.41 Å². The summed E-state index contributed by atoms with van der Waals surface area (Å²) in [5.74, 6) is 0. The van der Waals surface area contributed by atoms with Crippen molar-refractivity contribution in [2.24, 2.45) is 0 Å². The van der Waals surface area contributed by atoms with Crippen LogP contribution in [-0.2, 0) is 5.41 Å². The van der Waals surface area contributed by atoms with Gasteiger partial charge >= 0.3 is 0 Å². The Labute approximate surface area is 351 Å². The van der Waals surface area contributed by atoms with Crippen LogP contribution in [0, 0.1) is 0 Å². The second-order valence-electron chi connectivity index (χ2n) is 16.0. The first-order valence-electron chi connectivity index (χ1n) is 20.8. The SMILES string of the molecule is c1ccc(-c2ccccc2-c2c(-c3ccccc3)cccc2N(c2ccc3c(c2)C2(c4ccccc4-c4ccccc42)c2ccccc2-3)c2ccc3ccccc3c2)cc1. The summed E-state index contributed by atoms with van der Waals surface area (Å²) in [6, 6.07) is 87.4. The second kappa shape index (κ2) is 13.7. The molecule has 12 rings (SSSR count). The molecule has 280 valence electrons. The molecular formula is C59H39N. The molecule has 0 saturated carbocycles. The quantitative estimate of drug-likeness (QED) is 0.163. The highest BCUT2D eigenvalue weighted by molar-refractivity contribution is 6.03. The van der Waals surface area contributed by atoms with Gasteiger partial charge in [0, 0.05) is 16.9 Å². The molecular weight excluding hydrogens is 723 g/mol. The highest BCUT2D eigenvalue weighted by Gasteiger charge is 2.51. The molecule has 10 aromatic carbocycles. The van der Waals surface area contributed by atoms with Gasteiger partial charge in [0.25, 0.3) is 0 Å². The van der Waals surface area contributed by atoms with E-state index in [4.69, 9.17) is 0 Å². The van der Waals surface area contributed by atoms with Gasteiger partial charge in [0.05, 0.1) is 11.1 Å². The van der Waals surface area contributed by atoms with Gasteiger partial charge < -0.3 is 4.90 Å². The second-order valence-corrected chi connectivity index (χ2v) is 16.0. The standard InChI is InChI=1S/C59H39N/c1-3-19-41(20-4-1)46-24-9-10-28-52(46)58-47(42-21-5-2-6-22-42)29-17-33-57(58)60(44-35-34-40-18-7-8-23-43(40)38-44)45-36-37-51-50-27-13-16-32-55(50)59(56(51)39-45)53-30-14-11-25-48(53)49-26-12-15-31-54(49)59/h1-39H. The lowest BCUT2D eigenvalue weighted by atomic mass is 9.70. The van der Waals surface area contributed by atoms with Gasteiger partial charge in [-0.25, -0.2) is 0 Å². The van der Waals surface area contributed by atoms with Crippen LogP contribution < -0.4 is 4.90 Å². The molecule has 0 N–H and O–H groups in total. The molecule has 10 aromatic rings. The number of rotatable bonds is 6. The van der Waals surface area contributed by atoms with Crippen LogP contribution in [0.3, 0.4) is 0 Å². The van der Waals surface area contributed by atoms with E-state index < -0.39 is 5.41 Å². The Balaban J connectivity index is 1.18. The fourth-order valence-electron chi connectivity index (χ4n) is 10.4. The summed E-state index contributed by atoms with van der Waals surface area (Å²) in [5.41, 5.74) is 20.5. The molecule has 2 aliphatic carbocycles. The molecule has 0 aromatic heterocycles. The normalized spacial score (nSPS) is 12.8. The Hall–Kier alpha value is -7.74. The summed E-state index contributed by atoms with van der Waals surface area (Å²) in [6.07, 6.45) is 0. The minimum Gasteiger partial charge on any atom is -0.310 e. The monoisotopic (exact) mass is 761 g/mol. The Morgan fingerprint density at radius 1 is 0.267 bits per heavy atom. The molecule has 0 aliphatic heterocycles. The molecule has 0 fully saturated rings. The molecule has 0 radical (unpaired) electrons. The molecule has 60 heavy (non-hydrogen) atoms. The molecule has 1 nitrogen and oxygen atoms in total. The van der Waals surface area contributed by atoms with Crippen LogP contribution in [0.5, 0.6) is 0 Å². The minimum absolute atomic E-state index is 0.460. The number of anilines is 3. The number of hydrogen-bond donors (Lipinski definition) is 0. The van der Waals surface area contributed by atoms with E-state index in [0.717, 1.165) is 17.1 Å². The van der Waals surface area contributed by atoms with Crippen LogP contribution >= 0.6 is 0 Å². The van der Waals surface area contributed by atoms with E-state index in [1.807, 2.05) is 0 Å². The van der Waals surface area contributed by atoms with E-state index >= 15 is 0 Å². The lowest BCUT2D eigenvalue weighted by Gasteiger charge is -2.33. The maximum absolute atomic E-state index is 2.51. The number of fused-ring (bicyclic) bond motifs is 11. The van der Waals surface area contributed by atoms with Crippen molar-refractivity contribution in [2.75, 3.05) is 4.90 Å². The summed E-state index contributed by atoms with van der Waals surface area (Å²) < 4.78 is 0. The van der Waals surface area contributed by atoms with Crippen molar-refractivity contribution < 1.29 is 0 Å². The maximum Gasteiger partial charge on any atom is 0.0726 e. The molecule has 0 atom stereocenters. The van der Waals surface area contributed by atoms with Gasteiger partial charge in [0.15, 0.2) is 0 Å². The topological polar surface area (TPSA) is 3.24 Å². The molecule has 0 bridgehead atoms. The number of hydrogen-bond acceptors (Lipinski definition) is 1. The Bertz CT molecular complexity index is 3210. The van der Waals surface area contributed by atoms with E-state index in [2.05, 4.69) is 241 Å². The molecule has 0 heterocycles. The van der Waals surface area contributed by atoms with Gasteiger partial charge in [-0.1, -0.05) is 206 Å². The molecule has 0 saturated heterocycles. The van der Waals surface area contributed by atoms with Crippen LogP contribution in [0.1, 0.15) is 22.3 Å². The summed E-state index contributed by atoms with van der Waals surface area (Å²) in [7, 11) is 0.